The summed E-state index contributed by atoms with van der Waals surface area (Å²) in [6.07, 6.45) is 3.43. The molecule has 1 fully saturated rings. The highest BCUT2D eigenvalue weighted by Gasteiger charge is 2.14. The van der Waals surface area contributed by atoms with Gasteiger partial charge < -0.3 is 10.6 Å². The average molecular weight is 166 g/mol. The van der Waals surface area contributed by atoms with E-state index in [4.69, 9.17) is 5.73 Å². The summed E-state index contributed by atoms with van der Waals surface area (Å²) in [5.74, 6) is 5.99. The van der Waals surface area contributed by atoms with E-state index >= 15 is 0 Å². The third-order valence-electron chi connectivity index (χ3n) is 2.27. The Kier molecular flexibility index (Phi) is 4.13. The normalized spacial score (nSPS) is 24.7. The smallest absolute Gasteiger partial charge is 0.0216 e. The van der Waals surface area contributed by atoms with E-state index in [1.807, 2.05) is 6.92 Å². The number of piperidine rings is 1. The summed E-state index contributed by atoms with van der Waals surface area (Å²) in [6.45, 7) is 5.25. The highest BCUT2D eigenvalue weighted by Crippen LogP contribution is 2.07. The lowest BCUT2D eigenvalue weighted by atomic mass is 10.1. The third kappa shape index (κ3) is 3.25. The van der Waals surface area contributed by atoms with Crippen LogP contribution < -0.4 is 5.73 Å². The maximum absolute atomic E-state index is 5.85. The number of nitrogens with zero attached hydrogens (tertiary/aromatic N) is 1. The number of likely N-dealkylation sites (tertiary alicyclic amines) is 1. The molecule has 0 spiro atoms. The molecule has 2 heteroatoms. The van der Waals surface area contributed by atoms with Crippen LogP contribution in [-0.2, 0) is 0 Å². The van der Waals surface area contributed by atoms with Crippen LogP contribution in [0.5, 0.6) is 0 Å². The van der Waals surface area contributed by atoms with Gasteiger partial charge >= 0.3 is 0 Å². The van der Waals surface area contributed by atoms with Crippen molar-refractivity contribution in [2.45, 2.75) is 32.2 Å². The number of nitrogens with two attached hydrogens (primary N) is 1. The van der Waals surface area contributed by atoms with Crippen molar-refractivity contribution in [1.82, 2.24) is 4.90 Å². The Morgan fingerprint density at radius 2 is 2.42 bits per heavy atom. The summed E-state index contributed by atoms with van der Waals surface area (Å²) in [6, 6.07) is 0.397. The molecule has 2 nitrogen and oxygen atoms in total. The Morgan fingerprint density at radius 3 is 3.08 bits per heavy atom. The zero-order valence-electron chi connectivity index (χ0n) is 7.84. The van der Waals surface area contributed by atoms with Crippen LogP contribution in [0, 0.1) is 11.8 Å². The van der Waals surface area contributed by atoms with Gasteiger partial charge in [0.25, 0.3) is 0 Å². The van der Waals surface area contributed by atoms with E-state index in [9.17, 15) is 0 Å². The molecule has 1 rings (SSSR count). The maximum atomic E-state index is 5.85. The Hall–Kier alpha value is -0.520. The topological polar surface area (TPSA) is 29.3 Å². The molecule has 0 radical (unpaired) electrons. The van der Waals surface area contributed by atoms with Gasteiger partial charge in [-0.05, 0) is 26.3 Å². The molecule has 1 unspecified atom stereocenters. The number of hydrogen-bond donors (Lipinski definition) is 1. The summed E-state index contributed by atoms with van der Waals surface area (Å²) < 4.78 is 0. The minimum Gasteiger partial charge on any atom is -0.327 e. The first-order chi connectivity index (χ1) is 5.83. The lowest BCUT2D eigenvalue weighted by molar-refractivity contribution is 0.213. The van der Waals surface area contributed by atoms with E-state index < -0.39 is 0 Å². The Bertz CT molecular complexity index is 178. The molecule has 68 valence electrons. The molecule has 1 aliphatic heterocycles. The van der Waals surface area contributed by atoms with Crippen molar-refractivity contribution in [1.29, 1.82) is 0 Å². The van der Waals surface area contributed by atoms with E-state index in [0.29, 0.717) is 6.04 Å². The van der Waals surface area contributed by atoms with Gasteiger partial charge in [-0.1, -0.05) is 0 Å². The summed E-state index contributed by atoms with van der Waals surface area (Å²) in [5, 5.41) is 0. The van der Waals surface area contributed by atoms with E-state index in [2.05, 4.69) is 16.7 Å². The number of hydrogen-bond acceptors (Lipinski definition) is 2. The average Bonchev–Trinajstić information content (AvgIpc) is 2.05. The highest BCUT2D eigenvalue weighted by atomic mass is 15.1. The van der Waals surface area contributed by atoms with E-state index in [1.165, 1.54) is 19.4 Å². The van der Waals surface area contributed by atoms with Crippen molar-refractivity contribution in [3.8, 4) is 11.8 Å². The molecule has 0 aromatic carbocycles. The van der Waals surface area contributed by atoms with Gasteiger partial charge in [0.15, 0.2) is 0 Å². The van der Waals surface area contributed by atoms with Crippen LogP contribution in [-0.4, -0.2) is 30.6 Å². The summed E-state index contributed by atoms with van der Waals surface area (Å²) >= 11 is 0. The molecular formula is C10H18N2. The van der Waals surface area contributed by atoms with Crippen molar-refractivity contribution in [3.63, 3.8) is 0 Å². The SMILES string of the molecule is CC#CCCN1CCCC(N)C1. The van der Waals surface area contributed by atoms with Gasteiger partial charge in [0.1, 0.15) is 0 Å². The van der Waals surface area contributed by atoms with Crippen LogP contribution in [0.25, 0.3) is 0 Å². The Balaban J connectivity index is 2.17. The van der Waals surface area contributed by atoms with Crippen LogP contribution >= 0.6 is 0 Å². The molecule has 1 aliphatic rings. The standard InChI is InChI=1S/C10H18N2/c1-2-3-4-7-12-8-5-6-10(11)9-12/h10H,4-9,11H2,1H3. The Morgan fingerprint density at radius 1 is 1.58 bits per heavy atom. The van der Waals surface area contributed by atoms with Gasteiger partial charge in [0.05, 0.1) is 0 Å². The maximum Gasteiger partial charge on any atom is 0.0216 e. The minimum atomic E-state index is 0.397. The van der Waals surface area contributed by atoms with Crippen LogP contribution in [0.1, 0.15) is 26.2 Å². The van der Waals surface area contributed by atoms with Crippen LogP contribution in [0.2, 0.25) is 0 Å². The van der Waals surface area contributed by atoms with Crippen molar-refractivity contribution < 1.29 is 0 Å². The monoisotopic (exact) mass is 166 g/mol. The molecule has 2 N–H and O–H groups in total. The summed E-state index contributed by atoms with van der Waals surface area (Å²) in [5.41, 5.74) is 5.85. The zero-order chi connectivity index (χ0) is 8.81. The molecule has 1 atom stereocenters. The third-order valence-corrected chi connectivity index (χ3v) is 2.27. The van der Waals surface area contributed by atoms with Gasteiger partial charge in [-0.2, -0.15) is 0 Å². The number of rotatable bonds is 2. The first kappa shape index (κ1) is 9.57. The zero-order valence-corrected chi connectivity index (χ0v) is 7.84. The van der Waals surface area contributed by atoms with Gasteiger partial charge in [0, 0.05) is 25.6 Å². The molecule has 0 amide bonds. The van der Waals surface area contributed by atoms with Gasteiger partial charge in [-0.15, -0.1) is 11.8 Å². The van der Waals surface area contributed by atoms with E-state index in [0.717, 1.165) is 19.5 Å². The lowest BCUT2D eigenvalue weighted by Crippen LogP contribution is -2.42. The summed E-state index contributed by atoms with van der Waals surface area (Å²) in [4.78, 5) is 2.42. The predicted octanol–water partition coefficient (Wildman–Crippen LogP) is 0.823. The molecule has 0 aromatic rings. The predicted molar refractivity (Wildman–Crippen MR) is 51.7 cm³/mol. The molecule has 12 heavy (non-hydrogen) atoms. The Labute approximate surface area is 75.1 Å². The van der Waals surface area contributed by atoms with Crippen molar-refractivity contribution >= 4 is 0 Å². The van der Waals surface area contributed by atoms with Crippen molar-refractivity contribution in [2.24, 2.45) is 5.73 Å². The van der Waals surface area contributed by atoms with Crippen LogP contribution in [0.4, 0.5) is 0 Å². The fraction of sp³-hybridized carbons (Fsp3) is 0.800. The molecule has 1 heterocycles. The largest absolute Gasteiger partial charge is 0.327 e. The second-order valence-corrected chi connectivity index (χ2v) is 3.38. The highest BCUT2D eigenvalue weighted by molar-refractivity contribution is 4.95. The second kappa shape index (κ2) is 5.18. The van der Waals surface area contributed by atoms with Crippen LogP contribution in [0.3, 0.4) is 0 Å². The first-order valence-corrected chi connectivity index (χ1v) is 4.70. The fourth-order valence-electron chi connectivity index (χ4n) is 1.63. The van der Waals surface area contributed by atoms with Gasteiger partial charge in [0.2, 0.25) is 0 Å². The van der Waals surface area contributed by atoms with E-state index in [1.54, 1.807) is 0 Å². The lowest BCUT2D eigenvalue weighted by Gasteiger charge is -2.29. The first-order valence-electron chi connectivity index (χ1n) is 4.70. The molecule has 1 saturated heterocycles. The minimum absolute atomic E-state index is 0.397. The van der Waals surface area contributed by atoms with Gasteiger partial charge in [-0.25, -0.2) is 0 Å². The second-order valence-electron chi connectivity index (χ2n) is 3.38. The molecular weight excluding hydrogens is 148 g/mol. The molecule has 0 bridgehead atoms. The molecule has 0 saturated carbocycles. The van der Waals surface area contributed by atoms with Crippen molar-refractivity contribution in [3.05, 3.63) is 0 Å². The van der Waals surface area contributed by atoms with E-state index in [-0.39, 0.29) is 0 Å². The molecule has 0 aromatic heterocycles. The van der Waals surface area contributed by atoms with Crippen molar-refractivity contribution in [2.75, 3.05) is 19.6 Å². The van der Waals surface area contributed by atoms with Crippen LogP contribution in [0.15, 0.2) is 0 Å². The molecule has 0 aliphatic carbocycles. The van der Waals surface area contributed by atoms with Gasteiger partial charge in [-0.3, -0.25) is 0 Å². The quantitative estimate of drug-likeness (QED) is 0.615. The fourth-order valence-corrected chi connectivity index (χ4v) is 1.63. The summed E-state index contributed by atoms with van der Waals surface area (Å²) in [7, 11) is 0.